The first-order chi connectivity index (χ1) is 6.57. The summed E-state index contributed by atoms with van der Waals surface area (Å²) in [7, 11) is -2.98. The summed E-state index contributed by atoms with van der Waals surface area (Å²) < 4.78 is 22.5. The third-order valence-electron chi connectivity index (χ3n) is 1.94. The van der Waals surface area contributed by atoms with Gasteiger partial charge in [-0.1, -0.05) is 0 Å². The molecule has 0 amide bonds. The molecule has 0 aromatic carbocycles. The number of H-pyrrole nitrogens is 2. The van der Waals surface area contributed by atoms with E-state index < -0.39 is 9.84 Å². The van der Waals surface area contributed by atoms with E-state index in [9.17, 15) is 8.42 Å². The highest BCUT2D eigenvalue weighted by molar-refractivity contribution is 8.02. The van der Waals surface area contributed by atoms with Crippen LogP contribution in [0.5, 0.6) is 0 Å². The van der Waals surface area contributed by atoms with Crippen molar-refractivity contribution in [3.05, 3.63) is 17.3 Å². The summed E-state index contributed by atoms with van der Waals surface area (Å²) in [6, 6.07) is 0. The summed E-state index contributed by atoms with van der Waals surface area (Å²) in [6.07, 6.45) is 1.53. The van der Waals surface area contributed by atoms with Gasteiger partial charge in [-0.05, 0) is 24.3 Å². The summed E-state index contributed by atoms with van der Waals surface area (Å²) in [5.41, 5.74) is 0.887. The Morgan fingerprint density at radius 1 is 1.71 bits per heavy atom. The highest BCUT2D eigenvalue weighted by atomic mass is 32.2. The normalized spacial score (nSPS) is 24.9. The number of hydrogen-bond acceptors (Lipinski definition) is 4. The molecule has 0 fully saturated rings. The topological polar surface area (TPSA) is 77.0 Å². The van der Waals surface area contributed by atoms with E-state index in [1.54, 1.807) is 0 Å². The Bertz CT molecular complexity index is 449. The Hall–Kier alpha value is -0.820. The average molecular weight is 232 g/mol. The third-order valence-corrected chi connectivity index (χ3v) is 4.95. The predicted molar refractivity (Wildman–Crippen MR) is 52.3 cm³/mol. The van der Waals surface area contributed by atoms with Crippen molar-refractivity contribution in [1.82, 2.24) is 10.2 Å². The molecule has 0 spiro atoms. The molecule has 1 unspecified atom stereocenters. The van der Waals surface area contributed by atoms with Crippen LogP contribution in [0.3, 0.4) is 0 Å². The zero-order valence-electron chi connectivity index (χ0n) is 7.52. The van der Waals surface area contributed by atoms with Crippen molar-refractivity contribution in [2.45, 2.75) is 17.3 Å². The summed E-state index contributed by atoms with van der Waals surface area (Å²) in [5.74, 6) is 0.177. The van der Waals surface area contributed by atoms with Crippen molar-refractivity contribution in [2.75, 3.05) is 5.75 Å². The fraction of sp³-hybridized carbons (Fsp3) is 0.429. The standard InChI is InChI=1S/C7H9N3O2S2/c1-5-2-14(11,12)3-6(5)13-7-8-4-9-10-7/h2,4,6H,3H2,1H3,(H,8,9,10)/p+1. The lowest BCUT2D eigenvalue weighted by Crippen LogP contribution is -2.12. The molecule has 0 saturated carbocycles. The van der Waals surface area contributed by atoms with Crippen molar-refractivity contribution >= 4 is 21.6 Å². The maximum Gasteiger partial charge on any atom is 0.291 e. The van der Waals surface area contributed by atoms with Crippen LogP contribution in [0.2, 0.25) is 0 Å². The molecule has 2 rings (SSSR count). The molecule has 0 saturated heterocycles. The molecule has 1 aromatic heterocycles. The predicted octanol–water partition coefficient (Wildman–Crippen LogP) is 0.0167. The molecule has 5 nitrogen and oxygen atoms in total. The molecule has 7 heteroatoms. The van der Waals surface area contributed by atoms with Crippen LogP contribution in [0.15, 0.2) is 22.5 Å². The van der Waals surface area contributed by atoms with Gasteiger partial charge in [0.05, 0.1) is 11.0 Å². The minimum atomic E-state index is -2.98. The zero-order valence-corrected chi connectivity index (χ0v) is 9.15. The minimum Gasteiger partial charge on any atom is -0.239 e. The summed E-state index contributed by atoms with van der Waals surface area (Å²) in [4.78, 5) is 2.89. The molecule has 1 aliphatic rings. The van der Waals surface area contributed by atoms with Crippen molar-refractivity contribution in [1.29, 1.82) is 0 Å². The van der Waals surface area contributed by atoms with E-state index in [4.69, 9.17) is 0 Å². The van der Waals surface area contributed by atoms with Gasteiger partial charge >= 0.3 is 0 Å². The Kier molecular flexibility index (Phi) is 2.36. The number of rotatable bonds is 2. The molecule has 1 aromatic rings. The van der Waals surface area contributed by atoms with Gasteiger partial charge in [0.25, 0.3) is 11.5 Å². The second-order valence-electron chi connectivity index (χ2n) is 3.14. The van der Waals surface area contributed by atoms with E-state index in [2.05, 4.69) is 15.2 Å². The molecule has 1 aliphatic heterocycles. The van der Waals surface area contributed by atoms with E-state index in [-0.39, 0.29) is 11.0 Å². The first-order valence-electron chi connectivity index (χ1n) is 4.05. The van der Waals surface area contributed by atoms with Crippen molar-refractivity contribution in [2.24, 2.45) is 0 Å². The quantitative estimate of drug-likeness (QED) is 0.779. The van der Waals surface area contributed by atoms with Gasteiger partial charge < -0.3 is 0 Å². The summed E-state index contributed by atoms with van der Waals surface area (Å²) in [6.45, 7) is 1.83. The van der Waals surface area contributed by atoms with Gasteiger partial charge in [-0.2, -0.15) is 0 Å². The van der Waals surface area contributed by atoms with Gasteiger partial charge in [-0.15, -0.1) is 5.10 Å². The zero-order chi connectivity index (χ0) is 10.2. The molecule has 2 heterocycles. The Labute approximate surface area is 85.9 Å². The second-order valence-corrected chi connectivity index (χ2v) is 6.25. The van der Waals surface area contributed by atoms with Crippen LogP contribution >= 0.6 is 11.8 Å². The van der Waals surface area contributed by atoms with Gasteiger partial charge in [0.15, 0.2) is 9.84 Å². The monoisotopic (exact) mass is 232 g/mol. The molecule has 0 aliphatic carbocycles. The summed E-state index contributed by atoms with van der Waals surface area (Å²) >= 11 is 1.45. The smallest absolute Gasteiger partial charge is 0.239 e. The Morgan fingerprint density at radius 2 is 2.50 bits per heavy atom. The minimum absolute atomic E-state index is 0.00306. The van der Waals surface area contributed by atoms with Crippen molar-refractivity contribution in [3.63, 3.8) is 0 Å². The largest absolute Gasteiger partial charge is 0.291 e. The fourth-order valence-electron chi connectivity index (χ4n) is 1.29. The summed E-state index contributed by atoms with van der Waals surface area (Å²) in [5, 5.41) is 8.63. The Morgan fingerprint density at radius 3 is 3.00 bits per heavy atom. The first-order valence-corrected chi connectivity index (χ1v) is 6.65. The molecule has 76 valence electrons. The maximum absolute atomic E-state index is 11.3. The number of thioether (sulfide) groups is 1. The molecular weight excluding hydrogens is 222 g/mol. The molecule has 0 bridgehead atoms. The maximum atomic E-state index is 11.3. The Balaban J connectivity index is 2.13. The van der Waals surface area contributed by atoms with E-state index >= 15 is 0 Å². The second kappa shape index (κ2) is 3.39. The van der Waals surface area contributed by atoms with Crippen LogP contribution in [0, 0.1) is 0 Å². The number of hydrogen-bond donors (Lipinski definition) is 1. The van der Waals surface area contributed by atoms with Crippen molar-refractivity contribution < 1.29 is 13.4 Å². The molecule has 14 heavy (non-hydrogen) atoms. The third kappa shape index (κ3) is 1.98. The lowest BCUT2D eigenvalue weighted by molar-refractivity contribution is -0.426. The molecule has 1 atom stereocenters. The number of nitrogens with one attached hydrogen (secondary N) is 2. The van der Waals surface area contributed by atoms with E-state index in [0.29, 0.717) is 0 Å². The van der Waals surface area contributed by atoms with Crippen LogP contribution < -0.4 is 4.98 Å². The fourth-order valence-corrected chi connectivity index (χ4v) is 4.50. The molecule has 0 radical (unpaired) electrons. The lowest BCUT2D eigenvalue weighted by Gasteiger charge is -2.04. The van der Waals surface area contributed by atoms with Crippen LogP contribution in [0.1, 0.15) is 6.92 Å². The highest BCUT2D eigenvalue weighted by Gasteiger charge is 2.29. The van der Waals surface area contributed by atoms with E-state index in [0.717, 1.165) is 10.7 Å². The molecular formula is C7H10N3O2S2+. The van der Waals surface area contributed by atoms with E-state index in [1.807, 2.05) is 6.92 Å². The van der Waals surface area contributed by atoms with Crippen molar-refractivity contribution in [3.8, 4) is 0 Å². The van der Waals surface area contributed by atoms with Crippen LogP contribution in [-0.4, -0.2) is 29.6 Å². The van der Waals surface area contributed by atoms with Crippen LogP contribution in [0.25, 0.3) is 0 Å². The van der Waals surface area contributed by atoms with Crippen LogP contribution in [0.4, 0.5) is 0 Å². The number of aromatic amines is 2. The highest BCUT2D eigenvalue weighted by Crippen LogP contribution is 2.30. The number of nitrogens with zero attached hydrogens (tertiary/aromatic N) is 1. The van der Waals surface area contributed by atoms with Gasteiger partial charge in [0.1, 0.15) is 0 Å². The van der Waals surface area contributed by atoms with Crippen LogP contribution in [-0.2, 0) is 9.84 Å². The van der Waals surface area contributed by atoms with E-state index in [1.165, 1.54) is 23.5 Å². The lowest BCUT2D eigenvalue weighted by atomic mass is 10.3. The SMILES string of the molecule is CC1=CS(=O)(=O)CC1Sc1[nH]nc[nH+]1. The van der Waals surface area contributed by atoms with Gasteiger partial charge in [-0.3, -0.25) is 0 Å². The number of aromatic nitrogens is 3. The first kappa shape index (κ1) is 9.72. The average Bonchev–Trinajstić information content (AvgIpc) is 2.61. The number of sulfone groups is 1. The van der Waals surface area contributed by atoms with Gasteiger partial charge in [0.2, 0.25) is 0 Å². The van der Waals surface area contributed by atoms with Gasteiger partial charge in [0, 0.05) is 10.5 Å². The molecule has 2 N–H and O–H groups in total. The van der Waals surface area contributed by atoms with Gasteiger partial charge in [-0.25, -0.2) is 13.4 Å².